The second-order valence-corrected chi connectivity index (χ2v) is 6.12. The summed E-state index contributed by atoms with van der Waals surface area (Å²) < 4.78 is 12.0. The molecule has 15 heavy (non-hydrogen) atoms. The molecule has 0 aromatic heterocycles. The highest BCUT2D eigenvalue weighted by Gasteiger charge is 2.75. The Hall–Kier alpha value is -0.0800. The second kappa shape index (κ2) is 2.78. The molecule has 1 heterocycles. The first-order valence-electron chi connectivity index (χ1n) is 6.58. The van der Waals surface area contributed by atoms with Crippen LogP contribution in [0, 0.1) is 23.7 Å². The molecule has 1 aliphatic heterocycles. The van der Waals surface area contributed by atoms with Crippen LogP contribution in [0.2, 0.25) is 0 Å². The van der Waals surface area contributed by atoms with Gasteiger partial charge in [-0.3, -0.25) is 0 Å². The van der Waals surface area contributed by atoms with Crippen LogP contribution < -0.4 is 0 Å². The average molecular weight is 208 g/mol. The quantitative estimate of drug-likeness (QED) is 0.694. The fourth-order valence-corrected chi connectivity index (χ4v) is 4.69. The first-order valence-corrected chi connectivity index (χ1v) is 6.58. The Morgan fingerprint density at radius 3 is 2.53 bits per heavy atom. The van der Waals surface area contributed by atoms with Gasteiger partial charge in [-0.05, 0) is 62.7 Å². The van der Waals surface area contributed by atoms with E-state index in [9.17, 15) is 0 Å². The lowest BCUT2D eigenvalue weighted by molar-refractivity contribution is -0.230. The molecule has 0 aromatic rings. The number of hydrogen-bond acceptors (Lipinski definition) is 2. The van der Waals surface area contributed by atoms with Crippen LogP contribution in [0.25, 0.3) is 0 Å². The van der Waals surface area contributed by atoms with Crippen LogP contribution in [0.3, 0.4) is 0 Å². The summed E-state index contributed by atoms with van der Waals surface area (Å²) in [6.07, 6.45) is 6.61. The summed E-state index contributed by atoms with van der Waals surface area (Å²) in [4.78, 5) is 0. The highest BCUT2D eigenvalue weighted by Crippen LogP contribution is 2.75. The molecule has 84 valence electrons. The molecule has 0 aromatic carbocycles. The Morgan fingerprint density at radius 1 is 1.20 bits per heavy atom. The first kappa shape index (κ1) is 9.00. The van der Waals surface area contributed by atoms with Crippen molar-refractivity contribution in [1.29, 1.82) is 0 Å². The molecule has 4 aliphatic carbocycles. The van der Waals surface area contributed by atoms with Gasteiger partial charge in [0.05, 0.1) is 5.60 Å². The molecule has 0 amide bonds. The Kier molecular flexibility index (Phi) is 1.67. The van der Waals surface area contributed by atoms with Gasteiger partial charge in [-0.15, -0.1) is 0 Å². The van der Waals surface area contributed by atoms with E-state index in [-0.39, 0.29) is 11.9 Å². The fourth-order valence-electron chi connectivity index (χ4n) is 4.69. The van der Waals surface area contributed by atoms with Crippen molar-refractivity contribution in [2.45, 2.75) is 50.9 Å². The van der Waals surface area contributed by atoms with E-state index in [1.807, 2.05) is 0 Å². The summed E-state index contributed by atoms with van der Waals surface area (Å²) in [6.45, 7) is 3.26. The zero-order chi connectivity index (χ0) is 10.0. The maximum atomic E-state index is 6.33. The molecule has 0 radical (unpaired) electrons. The van der Waals surface area contributed by atoms with Crippen molar-refractivity contribution in [3.8, 4) is 0 Å². The van der Waals surface area contributed by atoms with Gasteiger partial charge >= 0.3 is 0 Å². The molecule has 4 atom stereocenters. The van der Waals surface area contributed by atoms with Crippen molar-refractivity contribution in [3.63, 3.8) is 0 Å². The monoisotopic (exact) mass is 208 g/mol. The molecule has 5 aliphatic rings. The summed E-state index contributed by atoms with van der Waals surface area (Å²) >= 11 is 0. The lowest BCUT2D eigenvalue weighted by Crippen LogP contribution is -2.39. The maximum Gasteiger partial charge on any atom is 0.158 e. The zero-order valence-electron chi connectivity index (χ0n) is 9.45. The highest BCUT2D eigenvalue weighted by molar-refractivity contribution is 5.23. The van der Waals surface area contributed by atoms with Gasteiger partial charge in [-0.25, -0.2) is 0 Å². The molecule has 0 N–H and O–H groups in total. The number of hydrogen-bond donors (Lipinski definition) is 0. The van der Waals surface area contributed by atoms with E-state index in [1.54, 1.807) is 0 Å². The Bertz CT molecular complexity index is 268. The molecule has 4 saturated carbocycles. The predicted octanol–water partition coefficient (Wildman–Crippen LogP) is 2.57. The van der Waals surface area contributed by atoms with Crippen molar-refractivity contribution in [3.05, 3.63) is 0 Å². The minimum Gasteiger partial charge on any atom is -0.353 e. The first-order chi connectivity index (χ1) is 7.29. The van der Waals surface area contributed by atoms with Gasteiger partial charge in [0.25, 0.3) is 0 Å². The summed E-state index contributed by atoms with van der Waals surface area (Å²) in [5.74, 6) is 3.81. The SMILES string of the molecule is CC1(OC2CCCCO2)C2CC3C(C2)C31. The minimum atomic E-state index is 0.115. The van der Waals surface area contributed by atoms with Crippen LogP contribution in [0.4, 0.5) is 0 Å². The third-order valence-corrected chi connectivity index (χ3v) is 5.44. The Morgan fingerprint density at radius 2 is 2.00 bits per heavy atom. The predicted molar refractivity (Wildman–Crippen MR) is 56.3 cm³/mol. The number of ether oxygens (including phenoxy) is 2. The molecule has 2 nitrogen and oxygen atoms in total. The average Bonchev–Trinajstić information content (AvgIpc) is 2.56. The molecule has 5 fully saturated rings. The van der Waals surface area contributed by atoms with Crippen molar-refractivity contribution in [2.75, 3.05) is 6.61 Å². The van der Waals surface area contributed by atoms with Gasteiger partial charge in [0.15, 0.2) is 6.29 Å². The third kappa shape index (κ3) is 1.07. The maximum absolute atomic E-state index is 6.33. The normalized spacial score (nSPS) is 61.0. The zero-order valence-corrected chi connectivity index (χ0v) is 9.45. The van der Waals surface area contributed by atoms with E-state index in [4.69, 9.17) is 9.47 Å². The molecule has 4 unspecified atom stereocenters. The third-order valence-electron chi connectivity index (χ3n) is 5.44. The van der Waals surface area contributed by atoms with Gasteiger partial charge in [-0.2, -0.15) is 0 Å². The number of rotatable bonds is 2. The van der Waals surface area contributed by atoms with E-state index >= 15 is 0 Å². The standard InChI is InChI=1S/C13H20O2/c1-13(15-11-4-2-3-5-14-11)8-6-9-10(7-8)12(9)13/h8-12H,2-7H2,1H3. The van der Waals surface area contributed by atoms with Gasteiger partial charge in [0.1, 0.15) is 0 Å². The van der Waals surface area contributed by atoms with Gasteiger partial charge in [0, 0.05) is 6.61 Å². The van der Waals surface area contributed by atoms with Gasteiger partial charge in [0.2, 0.25) is 0 Å². The Balaban J connectivity index is 1.49. The van der Waals surface area contributed by atoms with E-state index in [2.05, 4.69) is 6.92 Å². The van der Waals surface area contributed by atoms with Crippen LogP contribution in [0.5, 0.6) is 0 Å². The molecule has 5 rings (SSSR count). The van der Waals surface area contributed by atoms with E-state index < -0.39 is 0 Å². The van der Waals surface area contributed by atoms with Crippen LogP contribution in [-0.2, 0) is 9.47 Å². The van der Waals surface area contributed by atoms with Crippen LogP contribution >= 0.6 is 0 Å². The summed E-state index contributed by atoms with van der Waals surface area (Å²) in [6, 6.07) is 0. The van der Waals surface area contributed by atoms with Crippen LogP contribution in [-0.4, -0.2) is 18.5 Å². The molecule has 0 spiro atoms. The Labute approximate surface area is 91.3 Å². The van der Waals surface area contributed by atoms with E-state index in [0.717, 1.165) is 36.7 Å². The summed E-state index contributed by atoms with van der Waals surface area (Å²) in [5.41, 5.74) is 0.192. The second-order valence-electron chi connectivity index (χ2n) is 6.12. The van der Waals surface area contributed by atoms with E-state index in [0.29, 0.717) is 0 Å². The van der Waals surface area contributed by atoms with Crippen LogP contribution in [0.15, 0.2) is 0 Å². The minimum absolute atomic E-state index is 0.115. The largest absolute Gasteiger partial charge is 0.353 e. The topological polar surface area (TPSA) is 18.5 Å². The lowest BCUT2D eigenvalue weighted by Gasteiger charge is -2.35. The molecule has 1 saturated heterocycles. The molecule has 4 bridgehead atoms. The fraction of sp³-hybridized carbons (Fsp3) is 1.00. The van der Waals surface area contributed by atoms with Gasteiger partial charge in [-0.1, -0.05) is 0 Å². The van der Waals surface area contributed by atoms with Gasteiger partial charge < -0.3 is 9.47 Å². The molecular weight excluding hydrogens is 188 g/mol. The molecular formula is C13H20O2. The highest BCUT2D eigenvalue weighted by atomic mass is 16.7. The van der Waals surface area contributed by atoms with Crippen molar-refractivity contribution in [1.82, 2.24) is 0 Å². The summed E-state index contributed by atoms with van der Waals surface area (Å²) in [7, 11) is 0. The van der Waals surface area contributed by atoms with Crippen LogP contribution in [0.1, 0.15) is 39.0 Å². The smallest absolute Gasteiger partial charge is 0.158 e. The van der Waals surface area contributed by atoms with Crippen molar-refractivity contribution < 1.29 is 9.47 Å². The lowest BCUT2D eigenvalue weighted by atomic mass is 9.94. The van der Waals surface area contributed by atoms with E-state index in [1.165, 1.54) is 25.7 Å². The molecule has 2 heteroatoms. The van der Waals surface area contributed by atoms with Crippen molar-refractivity contribution >= 4 is 0 Å². The summed E-state index contributed by atoms with van der Waals surface area (Å²) in [5, 5.41) is 0. The van der Waals surface area contributed by atoms with Crippen molar-refractivity contribution in [2.24, 2.45) is 23.7 Å².